The van der Waals surface area contributed by atoms with Crippen LogP contribution in [-0.2, 0) is 18.3 Å². The van der Waals surface area contributed by atoms with E-state index >= 15 is 0 Å². The highest BCUT2D eigenvalue weighted by molar-refractivity contribution is 9.11. The standard InChI is InChI=1S/C14H17BrN4O2S/c1-18-7-12(16-9-18)13(20)19(11-2-4-21-5-3-11)6-10-8-22-14(15)17-10/h7-9,11H,2-6H2,1H3. The minimum atomic E-state index is -0.0448. The zero-order valence-electron chi connectivity index (χ0n) is 12.2. The average Bonchev–Trinajstić information content (AvgIpc) is 3.13. The maximum absolute atomic E-state index is 12.8. The van der Waals surface area contributed by atoms with Crippen molar-refractivity contribution in [2.45, 2.75) is 25.4 Å². The number of hydrogen-bond acceptors (Lipinski definition) is 5. The minimum Gasteiger partial charge on any atom is -0.381 e. The van der Waals surface area contributed by atoms with Gasteiger partial charge in [0.15, 0.2) is 3.92 Å². The summed E-state index contributed by atoms with van der Waals surface area (Å²) in [6.45, 7) is 1.89. The number of ether oxygens (including phenoxy) is 1. The molecule has 0 bridgehead atoms. The number of carbonyl (C=O) groups excluding carboxylic acids is 1. The zero-order chi connectivity index (χ0) is 15.5. The number of hydrogen-bond donors (Lipinski definition) is 0. The van der Waals surface area contributed by atoms with Gasteiger partial charge in [-0.2, -0.15) is 0 Å². The van der Waals surface area contributed by atoms with Crippen molar-refractivity contribution in [1.29, 1.82) is 0 Å². The quantitative estimate of drug-likeness (QED) is 0.811. The van der Waals surface area contributed by atoms with Gasteiger partial charge >= 0.3 is 0 Å². The van der Waals surface area contributed by atoms with Gasteiger partial charge in [0.25, 0.3) is 5.91 Å². The fraction of sp³-hybridized carbons (Fsp3) is 0.500. The third kappa shape index (κ3) is 3.56. The van der Waals surface area contributed by atoms with Crippen LogP contribution in [0.25, 0.3) is 0 Å². The van der Waals surface area contributed by atoms with Crippen LogP contribution < -0.4 is 0 Å². The number of halogens is 1. The molecule has 0 aromatic carbocycles. The van der Waals surface area contributed by atoms with Crippen LogP contribution in [0, 0.1) is 0 Å². The van der Waals surface area contributed by atoms with E-state index in [9.17, 15) is 4.79 Å². The van der Waals surface area contributed by atoms with E-state index in [4.69, 9.17) is 4.74 Å². The van der Waals surface area contributed by atoms with Crippen molar-refractivity contribution in [3.05, 3.63) is 33.2 Å². The molecule has 0 N–H and O–H groups in total. The molecule has 1 aliphatic heterocycles. The first kappa shape index (κ1) is 15.6. The molecule has 2 aromatic rings. The molecule has 0 unspecified atom stereocenters. The number of rotatable bonds is 4. The summed E-state index contributed by atoms with van der Waals surface area (Å²) in [5.74, 6) is -0.0448. The smallest absolute Gasteiger partial charge is 0.274 e. The fourth-order valence-electron chi connectivity index (χ4n) is 2.56. The van der Waals surface area contributed by atoms with Gasteiger partial charge in [-0.3, -0.25) is 4.79 Å². The van der Waals surface area contributed by atoms with Gasteiger partial charge in [-0.1, -0.05) is 0 Å². The van der Waals surface area contributed by atoms with Gasteiger partial charge in [-0.15, -0.1) is 11.3 Å². The summed E-state index contributed by atoms with van der Waals surface area (Å²) >= 11 is 4.90. The lowest BCUT2D eigenvalue weighted by atomic mass is 10.1. The van der Waals surface area contributed by atoms with E-state index in [2.05, 4.69) is 25.9 Å². The van der Waals surface area contributed by atoms with Gasteiger partial charge in [-0.25, -0.2) is 9.97 Å². The first-order valence-electron chi connectivity index (χ1n) is 7.10. The molecular weight excluding hydrogens is 368 g/mol. The molecule has 8 heteroatoms. The van der Waals surface area contributed by atoms with Crippen molar-refractivity contribution in [2.24, 2.45) is 7.05 Å². The molecule has 0 spiro atoms. The summed E-state index contributed by atoms with van der Waals surface area (Å²) in [6.07, 6.45) is 5.11. The lowest BCUT2D eigenvalue weighted by Crippen LogP contribution is -2.43. The Kier molecular flexibility index (Phi) is 4.90. The van der Waals surface area contributed by atoms with Crippen molar-refractivity contribution < 1.29 is 9.53 Å². The second-order valence-corrected chi connectivity index (χ2v) is 7.43. The van der Waals surface area contributed by atoms with E-state index in [1.54, 1.807) is 17.1 Å². The number of carbonyl (C=O) groups is 1. The Labute approximate surface area is 141 Å². The lowest BCUT2D eigenvalue weighted by molar-refractivity contribution is 0.0261. The third-order valence-electron chi connectivity index (χ3n) is 3.67. The molecule has 2 aromatic heterocycles. The first-order chi connectivity index (χ1) is 10.6. The van der Waals surface area contributed by atoms with Crippen LogP contribution in [0.5, 0.6) is 0 Å². The lowest BCUT2D eigenvalue weighted by Gasteiger charge is -2.33. The van der Waals surface area contributed by atoms with E-state index in [0.29, 0.717) is 25.5 Å². The molecule has 1 amide bonds. The van der Waals surface area contributed by atoms with Crippen LogP contribution in [0.4, 0.5) is 0 Å². The highest BCUT2D eigenvalue weighted by Crippen LogP contribution is 2.22. The van der Waals surface area contributed by atoms with E-state index in [-0.39, 0.29) is 11.9 Å². The van der Waals surface area contributed by atoms with Crippen LogP contribution in [-0.4, -0.2) is 44.6 Å². The Morgan fingerprint density at radius 2 is 2.32 bits per heavy atom. The minimum absolute atomic E-state index is 0.0448. The predicted octanol–water partition coefficient (Wildman–Crippen LogP) is 2.46. The summed E-state index contributed by atoms with van der Waals surface area (Å²) in [5.41, 5.74) is 1.37. The van der Waals surface area contributed by atoms with Crippen molar-refractivity contribution in [1.82, 2.24) is 19.4 Å². The molecule has 6 nitrogen and oxygen atoms in total. The van der Waals surface area contributed by atoms with Gasteiger partial charge in [0.05, 0.1) is 18.6 Å². The molecule has 1 fully saturated rings. The molecule has 1 aliphatic rings. The molecule has 3 rings (SSSR count). The Morgan fingerprint density at radius 1 is 1.55 bits per heavy atom. The highest BCUT2D eigenvalue weighted by Gasteiger charge is 2.28. The van der Waals surface area contributed by atoms with E-state index in [0.717, 1.165) is 22.5 Å². The zero-order valence-corrected chi connectivity index (χ0v) is 14.6. The monoisotopic (exact) mass is 384 g/mol. The normalized spacial score (nSPS) is 15.9. The van der Waals surface area contributed by atoms with Gasteiger partial charge in [0, 0.05) is 37.9 Å². The molecule has 1 saturated heterocycles. The topological polar surface area (TPSA) is 60.2 Å². The third-order valence-corrected chi connectivity index (χ3v) is 5.09. The molecule has 0 radical (unpaired) electrons. The summed E-state index contributed by atoms with van der Waals surface area (Å²) in [5, 5.41) is 1.97. The molecular formula is C14H17BrN4O2S. The largest absolute Gasteiger partial charge is 0.381 e. The summed E-state index contributed by atoms with van der Waals surface area (Å²) in [7, 11) is 1.86. The van der Waals surface area contributed by atoms with Gasteiger partial charge < -0.3 is 14.2 Å². The maximum Gasteiger partial charge on any atom is 0.274 e. The Balaban J connectivity index is 1.82. The van der Waals surface area contributed by atoms with Gasteiger partial charge in [0.1, 0.15) is 5.69 Å². The van der Waals surface area contributed by atoms with Gasteiger partial charge in [-0.05, 0) is 28.8 Å². The number of nitrogens with zero attached hydrogens (tertiary/aromatic N) is 4. The van der Waals surface area contributed by atoms with Crippen molar-refractivity contribution in [2.75, 3.05) is 13.2 Å². The summed E-state index contributed by atoms with van der Waals surface area (Å²) in [6, 6.07) is 0.170. The van der Waals surface area contributed by atoms with Crippen LogP contribution in [0.3, 0.4) is 0 Å². The Morgan fingerprint density at radius 3 is 2.91 bits per heavy atom. The molecule has 118 valence electrons. The van der Waals surface area contributed by atoms with E-state index < -0.39 is 0 Å². The second-order valence-electron chi connectivity index (χ2n) is 5.29. The van der Waals surface area contributed by atoms with Crippen LogP contribution in [0.2, 0.25) is 0 Å². The Hall–Kier alpha value is -1.25. The van der Waals surface area contributed by atoms with Gasteiger partial charge in [0.2, 0.25) is 0 Å². The fourth-order valence-corrected chi connectivity index (χ4v) is 3.60. The SMILES string of the molecule is Cn1cnc(C(=O)N(Cc2csc(Br)n2)C2CCOCC2)c1. The number of imidazole rings is 1. The molecule has 3 heterocycles. The number of aryl methyl sites for hydroxylation is 1. The molecule has 0 atom stereocenters. The van der Waals surface area contributed by atoms with Crippen LogP contribution in [0.1, 0.15) is 29.0 Å². The predicted molar refractivity (Wildman–Crippen MR) is 86.7 cm³/mol. The first-order valence-corrected chi connectivity index (χ1v) is 8.77. The number of thiazole rings is 1. The van der Waals surface area contributed by atoms with E-state index in [1.165, 1.54) is 11.3 Å². The maximum atomic E-state index is 12.8. The van der Waals surface area contributed by atoms with Crippen molar-refractivity contribution in [3.63, 3.8) is 0 Å². The summed E-state index contributed by atoms with van der Waals surface area (Å²) < 4.78 is 8.03. The highest BCUT2D eigenvalue weighted by atomic mass is 79.9. The van der Waals surface area contributed by atoms with Crippen LogP contribution >= 0.6 is 27.3 Å². The Bertz CT molecular complexity index is 651. The van der Waals surface area contributed by atoms with E-state index in [1.807, 2.05) is 17.3 Å². The second kappa shape index (κ2) is 6.89. The number of amides is 1. The molecule has 0 saturated carbocycles. The molecule has 0 aliphatic carbocycles. The number of aromatic nitrogens is 3. The summed E-state index contributed by atoms with van der Waals surface area (Å²) in [4.78, 5) is 23.3. The van der Waals surface area contributed by atoms with Crippen molar-refractivity contribution >= 4 is 33.2 Å². The average molecular weight is 385 g/mol. The molecule has 22 heavy (non-hydrogen) atoms. The van der Waals surface area contributed by atoms with Crippen LogP contribution in [0.15, 0.2) is 21.8 Å². The van der Waals surface area contributed by atoms with Crippen molar-refractivity contribution in [3.8, 4) is 0 Å².